The Morgan fingerprint density at radius 1 is 1.03 bits per heavy atom. The third kappa shape index (κ3) is 2.84. The highest BCUT2D eigenvalue weighted by Crippen LogP contribution is 2.58. The van der Waals surface area contributed by atoms with E-state index in [1.807, 2.05) is 0 Å². The molecule has 2 aromatic rings. The first kappa shape index (κ1) is 20.4. The van der Waals surface area contributed by atoms with Crippen molar-refractivity contribution < 1.29 is 30.4 Å². The van der Waals surface area contributed by atoms with E-state index in [2.05, 4.69) is 4.72 Å². The summed E-state index contributed by atoms with van der Waals surface area (Å²) in [6, 6.07) is 9.51. The fraction of sp³-hybridized carbons (Fsp3) is 0.333. The third-order valence-corrected chi connectivity index (χ3v) is 10.3. The molecule has 0 radical (unpaired) electrons. The smallest absolute Gasteiger partial charge is 0.232 e. The second-order valence-electron chi connectivity index (χ2n) is 7.98. The van der Waals surface area contributed by atoms with Crippen LogP contribution >= 0.6 is 0 Å². The Bertz CT molecular complexity index is 1320. The minimum Gasteiger partial charge on any atom is -0.489 e. The molecule has 1 aliphatic carbocycles. The van der Waals surface area contributed by atoms with E-state index in [9.17, 15) is 21.2 Å². The van der Waals surface area contributed by atoms with Gasteiger partial charge in [-0.3, -0.25) is 4.72 Å². The highest BCUT2D eigenvalue weighted by Gasteiger charge is 2.60. The molecule has 2 atom stereocenters. The molecule has 1 N–H and O–H groups in total. The summed E-state index contributed by atoms with van der Waals surface area (Å²) in [6.07, 6.45) is 0.0799. The highest BCUT2D eigenvalue weighted by molar-refractivity contribution is 7.92. The molecule has 0 aromatic heterocycles. The summed E-state index contributed by atoms with van der Waals surface area (Å²) in [5.74, 6) is -3.14. The molecule has 0 spiro atoms. The Morgan fingerprint density at radius 2 is 1.74 bits per heavy atom. The molecule has 31 heavy (non-hydrogen) atoms. The molecule has 164 valence electrons. The van der Waals surface area contributed by atoms with Gasteiger partial charge < -0.3 is 4.74 Å². The van der Waals surface area contributed by atoms with E-state index in [1.165, 1.54) is 12.1 Å². The highest BCUT2D eigenvalue weighted by atomic mass is 32.2. The number of nitrogens with one attached hydrogen (secondary N) is 1. The standard InChI is InChI=1S/C21H19F2NO5S2/c22-16-6-7-17(23)20-19(16)21(31(27,28)13-4-2-1-3-5-13)10-8-18-14(15(21)12-29-20)9-11-30(25,26)24-18/h1-7,15,24H,8-12H2/t15-,21-/m0/s1. The van der Waals surface area contributed by atoms with Crippen LogP contribution in [0.25, 0.3) is 0 Å². The molecule has 2 aromatic carbocycles. The number of fused-ring (bicyclic) bond motifs is 4. The summed E-state index contributed by atoms with van der Waals surface area (Å²) in [5.41, 5.74) is 0.696. The first-order chi connectivity index (χ1) is 14.7. The number of sulfonamides is 1. The molecule has 0 unspecified atom stereocenters. The van der Waals surface area contributed by atoms with Gasteiger partial charge in [-0.05, 0) is 49.1 Å². The van der Waals surface area contributed by atoms with Crippen LogP contribution in [-0.4, -0.2) is 29.2 Å². The Morgan fingerprint density at radius 3 is 2.48 bits per heavy atom. The molecule has 0 saturated heterocycles. The van der Waals surface area contributed by atoms with Crippen molar-refractivity contribution in [1.82, 2.24) is 4.72 Å². The lowest BCUT2D eigenvalue weighted by Gasteiger charge is -2.49. The number of ether oxygens (including phenoxy) is 1. The summed E-state index contributed by atoms with van der Waals surface area (Å²) in [7, 11) is -7.72. The number of halogens is 2. The van der Waals surface area contributed by atoms with Crippen LogP contribution in [0.3, 0.4) is 0 Å². The summed E-state index contributed by atoms with van der Waals surface area (Å²) >= 11 is 0. The van der Waals surface area contributed by atoms with Gasteiger partial charge in [0.05, 0.1) is 22.8 Å². The second kappa shape index (κ2) is 6.77. The Kier molecular flexibility index (Phi) is 4.46. The molecule has 0 amide bonds. The van der Waals surface area contributed by atoms with Crippen molar-refractivity contribution in [3.63, 3.8) is 0 Å². The third-order valence-electron chi connectivity index (χ3n) is 6.45. The summed E-state index contributed by atoms with van der Waals surface area (Å²) in [5, 5.41) is 0. The molecular formula is C21H19F2NO5S2. The zero-order chi connectivity index (χ0) is 22.0. The number of hydrogen-bond acceptors (Lipinski definition) is 5. The van der Waals surface area contributed by atoms with Gasteiger partial charge in [0.1, 0.15) is 10.6 Å². The topological polar surface area (TPSA) is 89.5 Å². The number of rotatable bonds is 2. The van der Waals surface area contributed by atoms with Gasteiger partial charge in [0, 0.05) is 11.6 Å². The average molecular weight is 468 g/mol. The second-order valence-corrected chi connectivity index (χ2v) is 12.0. The molecule has 3 aliphatic rings. The van der Waals surface area contributed by atoms with Crippen molar-refractivity contribution in [2.75, 3.05) is 12.4 Å². The van der Waals surface area contributed by atoms with E-state index in [0.717, 1.165) is 12.1 Å². The van der Waals surface area contributed by atoms with E-state index in [0.29, 0.717) is 11.3 Å². The molecule has 10 heteroatoms. The molecule has 0 bridgehead atoms. The Labute approximate surface area is 178 Å². The largest absolute Gasteiger partial charge is 0.489 e. The molecular weight excluding hydrogens is 448 g/mol. The molecule has 0 saturated carbocycles. The lowest BCUT2D eigenvalue weighted by molar-refractivity contribution is 0.165. The van der Waals surface area contributed by atoms with Crippen LogP contribution in [-0.2, 0) is 24.6 Å². The van der Waals surface area contributed by atoms with Crippen LogP contribution in [0.15, 0.2) is 58.6 Å². The predicted octanol–water partition coefficient (Wildman–Crippen LogP) is 3.01. The van der Waals surface area contributed by atoms with Gasteiger partial charge in [-0.2, -0.15) is 0 Å². The SMILES string of the molecule is O=S1(=O)CCC2=C(CC[C@@]3(S(=O)(=O)c4ccccc4)c4c(F)ccc(F)c4OC[C@@H]23)N1. The van der Waals surface area contributed by atoms with Crippen molar-refractivity contribution in [3.05, 3.63) is 70.9 Å². The Balaban J connectivity index is 1.82. The Hall–Kier alpha value is -2.46. The molecule has 6 nitrogen and oxygen atoms in total. The van der Waals surface area contributed by atoms with Gasteiger partial charge >= 0.3 is 0 Å². The quantitative estimate of drug-likeness (QED) is 0.734. The minimum absolute atomic E-state index is 0.00282. The van der Waals surface area contributed by atoms with Gasteiger partial charge in [0.15, 0.2) is 21.4 Å². The van der Waals surface area contributed by atoms with Gasteiger partial charge in [0.25, 0.3) is 0 Å². The molecule has 0 fully saturated rings. The van der Waals surface area contributed by atoms with Gasteiger partial charge in [-0.1, -0.05) is 18.2 Å². The van der Waals surface area contributed by atoms with Gasteiger partial charge in [0.2, 0.25) is 10.0 Å². The van der Waals surface area contributed by atoms with Crippen molar-refractivity contribution in [1.29, 1.82) is 0 Å². The van der Waals surface area contributed by atoms with Crippen molar-refractivity contribution >= 4 is 19.9 Å². The van der Waals surface area contributed by atoms with Crippen molar-refractivity contribution in [3.8, 4) is 5.75 Å². The number of benzene rings is 2. The lowest BCUT2D eigenvalue weighted by Crippen LogP contribution is -2.54. The zero-order valence-electron chi connectivity index (χ0n) is 16.3. The van der Waals surface area contributed by atoms with Gasteiger partial charge in [-0.15, -0.1) is 0 Å². The first-order valence-corrected chi connectivity index (χ1v) is 12.9. The van der Waals surface area contributed by atoms with Crippen LogP contribution in [0.1, 0.15) is 24.8 Å². The zero-order valence-corrected chi connectivity index (χ0v) is 17.9. The summed E-state index contributed by atoms with van der Waals surface area (Å²) in [4.78, 5) is -0.00282. The van der Waals surface area contributed by atoms with E-state index < -0.39 is 47.9 Å². The van der Waals surface area contributed by atoms with E-state index >= 15 is 4.39 Å². The summed E-state index contributed by atoms with van der Waals surface area (Å²) in [6.45, 7) is -0.194. The van der Waals surface area contributed by atoms with E-state index in [1.54, 1.807) is 18.2 Å². The number of allylic oxidation sites excluding steroid dienone is 1. The molecule has 5 rings (SSSR count). The fourth-order valence-electron chi connectivity index (χ4n) is 5.10. The minimum atomic E-state index is -4.21. The molecule has 2 heterocycles. The van der Waals surface area contributed by atoms with Crippen LogP contribution in [0.4, 0.5) is 8.78 Å². The predicted molar refractivity (Wildman–Crippen MR) is 108 cm³/mol. The van der Waals surface area contributed by atoms with Crippen LogP contribution in [0.2, 0.25) is 0 Å². The van der Waals surface area contributed by atoms with E-state index in [4.69, 9.17) is 4.74 Å². The monoisotopic (exact) mass is 467 g/mol. The lowest BCUT2D eigenvalue weighted by atomic mass is 9.70. The van der Waals surface area contributed by atoms with Crippen molar-refractivity contribution in [2.24, 2.45) is 5.92 Å². The van der Waals surface area contributed by atoms with Gasteiger partial charge in [-0.25, -0.2) is 25.6 Å². The maximum Gasteiger partial charge on any atom is 0.232 e. The fourth-order valence-corrected chi connectivity index (χ4v) is 8.65. The van der Waals surface area contributed by atoms with Crippen LogP contribution in [0.5, 0.6) is 5.75 Å². The van der Waals surface area contributed by atoms with Crippen molar-refractivity contribution in [2.45, 2.75) is 28.9 Å². The molecule has 2 aliphatic heterocycles. The normalized spacial score (nSPS) is 26.7. The summed E-state index contributed by atoms with van der Waals surface area (Å²) < 4.78 is 88.4. The first-order valence-electron chi connectivity index (χ1n) is 9.81. The maximum atomic E-state index is 15.2. The van der Waals surface area contributed by atoms with E-state index in [-0.39, 0.29) is 42.1 Å². The average Bonchev–Trinajstić information content (AvgIpc) is 2.75. The maximum absolute atomic E-state index is 15.2. The van der Waals surface area contributed by atoms with Crippen LogP contribution < -0.4 is 9.46 Å². The number of sulfone groups is 1. The van der Waals surface area contributed by atoms with Crippen LogP contribution in [0, 0.1) is 17.6 Å². The number of hydrogen-bond donors (Lipinski definition) is 1.